The molecule has 1 aromatic heterocycles. The van der Waals surface area contributed by atoms with Crippen molar-refractivity contribution < 1.29 is 4.74 Å². The van der Waals surface area contributed by atoms with Gasteiger partial charge in [-0.1, -0.05) is 23.7 Å². The lowest BCUT2D eigenvalue weighted by Gasteiger charge is -2.38. The van der Waals surface area contributed by atoms with Gasteiger partial charge < -0.3 is 15.4 Å². The molecule has 1 aliphatic rings. The molecule has 0 radical (unpaired) electrons. The number of rotatable bonds is 5. The van der Waals surface area contributed by atoms with Gasteiger partial charge in [0.15, 0.2) is 5.96 Å². The van der Waals surface area contributed by atoms with E-state index in [0.29, 0.717) is 6.54 Å². The molecule has 0 saturated carbocycles. The third-order valence-corrected chi connectivity index (χ3v) is 6.49. The minimum atomic E-state index is -0.00483. The summed E-state index contributed by atoms with van der Waals surface area (Å²) in [6.45, 7) is 7.13. The van der Waals surface area contributed by atoms with Crippen molar-refractivity contribution in [2.45, 2.75) is 38.6 Å². The number of hydrogen-bond acceptors (Lipinski definition) is 4. The van der Waals surface area contributed by atoms with E-state index in [1.807, 2.05) is 19.1 Å². The topological polar surface area (TPSA) is 58.5 Å². The van der Waals surface area contributed by atoms with Crippen molar-refractivity contribution in [3.05, 3.63) is 50.4 Å². The Morgan fingerprint density at radius 2 is 2.04 bits per heavy atom. The smallest absolute Gasteiger partial charge is 0.191 e. The van der Waals surface area contributed by atoms with Gasteiger partial charge in [0.05, 0.1) is 12.2 Å². The monoisotopic (exact) mass is 534 g/mol. The fourth-order valence-electron chi connectivity index (χ4n) is 3.40. The van der Waals surface area contributed by atoms with Crippen LogP contribution in [0.3, 0.4) is 0 Å². The first kappa shape index (κ1) is 23.4. The van der Waals surface area contributed by atoms with Gasteiger partial charge >= 0.3 is 0 Å². The van der Waals surface area contributed by atoms with E-state index in [1.165, 1.54) is 10.4 Å². The Bertz CT molecular complexity index is 786. The van der Waals surface area contributed by atoms with E-state index in [1.54, 1.807) is 18.4 Å². The van der Waals surface area contributed by atoms with E-state index >= 15 is 0 Å². The number of thiazole rings is 1. The highest BCUT2D eigenvalue weighted by molar-refractivity contribution is 14.0. The molecule has 2 heterocycles. The summed E-state index contributed by atoms with van der Waals surface area (Å²) in [6.07, 6.45) is 1.92. The average Bonchev–Trinajstić information content (AvgIpc) is 3.00. The van der Waals surface area contributed by atoms with Gasteiger partial charge in [0, 0.05) is 42.1 Å². The van der Waals surface area contributed by atoms with Crippen molar-refractivity contribution in [1.82, 2.24) is 15.6 Å². The second-order valence-electron chi connectivity index (χ2n) is 6.93. The maximum Gasteiger partial charge on any atom is 0.191 e. The molecule has 0 spiro atoms. The molecule has 28 heavy (non-hydrogen) atoms. The van der Waals surface area contributed by atoms with Gasteiger partial charge in [-0.3, -0.25) is 4.99 Å². The fraction of sp³-hybridized carbons (Fsp3) is 0.500. The van der Waals surface area contributed by atoms with Crippen LogP contribution < -0.4 is 10.6 Å². The molecule has 1 saturated heterocycles. The zero-order valence-electron chi connectivity index (χ0n) is 16.5. The summed E-state index contributed by atoms with van der Waals surface area (Å²) in [7, 11) is 1.80. The Hall–Kier alpha value is -0.900. The number of aryl methyl sites for hydroxylation is 2. The lowest BCUT2D eigenvalue weighted by molar-refractivity contribution is 0.0514. The molecule has 2 N–H and O–H groups in total. The standard InChI is InChI=1S/C20H27ClN4OS.HI/c1-14-15(2)27-18(25-14)12-23-19(22-3)24-13-20(7-9-26-10-8-20)16-5-4-6-17(21)11-16;/h4-6,11H,7-10,12-13H2,1-3H3,(H2,22,23,24);1H. The first-order valence-electron chi connectivity index (χ1n) is 9.24. The lowest BCUT2D eigenvalue weighted by atomic mass is 9.74. The van der Waals surface area contributed by atoms with Crippen LogP contribution in [0.2, 0.25) is 5.02 Å². The van der Waals surface area contributed by atoms with Crippen LogP contribution in [0.4, 0.5) is 0 Å². The second kappa shape index (κ2) is 10.8. The number of benzene rings is 1. The largest absolute Gasteiger partial charge is 0.381 e. The molecule has 8 heteroatoms. The van der Waals surface area contributed by atoms with Crippen LogP contribution in [0, 0.1) is 13.8 Å². The Kier molecular flexibility index (Phi) is 8.98. The van der Waals surface area contributed by atoms with E-state index in [0.717, 1.165) is 54.3 Å². The maximum atomic E-state index is 6.25. The Morgan fingerprint density at radius 3 is 2.64 bits per heavy atom. The molecule has 0 unspecified atom stereocenters. The van der Waals surface area contributed by atoms with Crippen molar-refractivity contribution in [3.8, 4) is 0 Å². The van der Waals surface area contributed by atoms with Gasteiger partial charge in [-0.2, -0.15) is 0 Å². The third kappa shape index (κ3) is 5.81. The van der Waals surface area contributed by atoms with Crippen LogP contribution >= 0.6 is 46.9 Å². The van der Waals surface area contributed by atoms with Gasteiger partial charge in [0.25, 0.3) is 0 Å². The van der Waals surface area contributed by atoms with Gasteiger partial charge in [-0.15, -0.1) is 35.3 Å². The van der Waals surface area contributed by atoms with E-state index < -0.39 is 0 Å². The van der Waals surface area contributed by atoms with Gasteiger partial charge in [-0.05, 0) is 44.4 Å². The summed E-state index contributed by atoms with van der Waals surface area (Å²) in [5.41, 5.74) is 2.35. The minimum absolute atomic E-state index is 0. The Morgan fingerprint density at radius 1 is 1.29 bits per heavy atom. The van der Waals surface area contributed by atoms with E-state index in [4.69, 9.17) is 16.3 Å². The van der Waals surface area contributed by atoms with Gasteiger partial charge in [-0.25, -0.2) is 4.98 Å². The van der Waals surface area contributed by atoms with Crippen LogP contribution in [-0.2, 0) is 16.7 Å². The number of nitrogens with zero attached hydrogens (tertiary/aromatic N) is 2. The molecule has 0 atom stereocenters. The van der Waals surface area contributed by atoms with Crippen molar-refractivity contribution >= 4 is 52.9 Å². The molecule has 5 nitrogen and oxygen atoms in total. The van der Waals surface area contributed by atoms with Crippen molar-refractivity contribution in [3.63, 3.8) is 0 Å². The number of nitrogens with one attached hydrogen (secondary N) is 2. The number of hydrogen-bond donors (Lipinski definition) is 2. The zero-order chi connectivity index (χ0) is 19.3. The molecular weight excluding hydrogens is 507 g/mol. The van der Waals surface area contributed by atoms with E-state index in [-0.39, 0.29) is 29.4 Å². The molecule has 1 aliphatic heterocycles. The summed E-state index contributed by atoms with van der Waals surface area (Å²) >= 11 is 7.98. The summed E-state index contributed by atoms with van der Waals surface area (Å²) in [6, 6.07) is 8.18. The normalized spacial score (nSPS) is 16.4. The molecule has 1 fully saturated rings. The SMILES string of the molecule is CN=C(NCc1nc(C)c(C)s1)NCC1(c2cccc(Cl)c2)CCOCC1.I. The van der Waals surface area contributed by atoms with Crippen LogP contribution in [0.15, 0.2) is 29.3 Å². The summed E-state index contributed by atoms with van der Waals surface area (Å²) < 4.78 is 5.61. The fourth-order valence-corrected chi connectivity index (χ4v) is 4.46. The highest BCUT2D eigenvalue weighted by Crippen LogP contribution is 2.35. The third-order valence-electron chi connectivity index (χ3n) is 5.18. The predicted molar refractivity (Wildman–Crippen MR) is 128 cm³/mol. The quantitative estimate of drug-likeness (QED) is 0.338. The van der Waals surface area contributed by atoms with Crippen molar-refractivity contribution in [2.24, 2.45) is 4.99 Å². The predicted octanol–water partition coefficient (Wildman–Crippen LogP) is 4.44. The lowest BCUT2D eigenvalue weighted by Crippen LogP contribution is -2.47. The highest BCUT2D eigenvalue weighted by atomic mass is 127. The van der Waals surface area contributed by atoms with Crippen LogP contribution in [0.25, 0.3) is 0 Å². The molecule has 0 aliphatic carbocycles. The number of halogens is 2. The van der Waals surface area contributed by atoms with Crippen LogP contribution in [0.5, 0.6) is 0 Å². The van der Waals surface area contributed by atoms with Crippen molar-refractivity contribution in [2.75, 3.05) is 26.8 Å². The zero-order valence-corrected chi connectivity index (χ0v) is 20.5. The van der Waals surface area contributed by atoms with Crippen molar-refractivity contribution in [1.29, 1.82) is 0 Å². The second-order valence-corrected chi connectivity index (χ2v) is 8.66. The number of aromatic nitrogens is 1. The molecule has 0 bridgehead atoms. The van der Waals surface area contributed by atoms with Gasteiger partial charge in [0.1, 0.15) is 5.01 Å². The van der Waals surface area contributed by atoms with Crippen LogP contribution in [-0.4, -0.2) is 37.7 Å². The van der Waals surface area contributed by atoms with E-state index in [2.05, 4.69) is 39.7 Å². The molecule has 2 aromatic rings. The summed E-state index contributed by atoms with van der Waals surface area (Å²) in [5.74, 6) is 0.786. The average molecular weight is 535 g/mol. The van der Waals surface area contributed by atoms with Crippen LogP contribution in [0.1, 0.15) is 34.0 Å². The first-order chi connectivity index (χ1) is 13.0. The molecule has 0 amide bonds. The summed E-state index contributed by atoms with van der Waals surface area (Å²) in [4.78, 5) is 10.2. The Balaban J connectivity index is 0.00000280. The van der Waals surface area contributed by atoms with Gasteiger partial charge in [0.2, 0.25) is 0 Å². The first-order valence-corrected chi connectivity index (χ1v) is 10.4. The molecule has 154 valence electrons. The minimum Gasteiger partial charge on any atom is -0.381 e. The molecule has 1 aromatic carbocycles. The number of guanidine groups is 1. The molecule has 3 rings (SSSR count). The maximum absolute atomic E-state index is 6.25. The number of aliphatic imine (C=N–C) groups is 1. The number of ether oxygens (including phenoxy) is 1. The Labute approximate surface area is 193 Å². The van der Waals surface area contributed by atoms with E-state index in [9.17, 15) is 0 Å². The highest BCUT2D eigenvalue weighted by Gasteiger charge is 2.34. The molecular formula is C20H28ClIN4OS. The summed E-state index contributed by atoms with van der Waals surface area (Å²) in [5, 5.41) is 8.73.